The number of carbonyl (C=O) groups excluding carboxylic acids is 1. The minimum absolute atomic E-state index is 0.0560. The van der Waals surface area contributed by atoms with Crippen LogP contribution in [-0.4, -0.2) is 17.2 Å². The molecule has 2 N–H and O–H groups in total. The van der Waals surface area contributed by atoms with Gasteiger partial charge in [-0.2, -0.15) is 5.10 Å². The molecule has 1 aromatic heterocycles. The van der Waals surface area contributed by atoms with Crippen LogP contribution in [0.5, 0.6) is 5.75 Å². The maximum absolute atomic E-state index is 11.7. The quantitative estimate of drug-likeness (QED) is 0.658. The van der Waals surface area contributed by atoms with Gasteiger partial charge in [-0.1, -0.05) is 6.07 Å². The van der Waals surface area contributed by atoms with Crippen LogP contribution < -0.4 is 5.43 Å². The first kappa shape index (κ1) is 12.3. The molecular weight excluding hydrogens is 248 g/mol. The maximum atomic E-state index is 11.7. The van der Waals surface area contributed by atoms with Crippen molar-refractivity contribution in [3.63, 3.8) is 0 Å². The molecule has 0 unspecified atom stereocenters. The molecule has 92 valence electrons. The van der Waals surface area contributed by atoms with E-state index in [2.05, 4.69) is 10.5 Å². The van der Waals surface area contributed by atoms with Gasteiger partial charge in [0.15, 0.2) is 0 Å². The number of thiophene rings is 1. The molecule has 0 fully saturated rings. The van der Waals surface area contributed by atoms with Crippen LogP contribution in [0.4, 0.5) is 0 Å². The first-order valence-electron chi connectivity index (χ1n) is 5.34. The molecule has 0 atom stereocenters. The van der Waals surface area contributed by atoms with Crippen LogP contribution in [0.25, 0.3) is 0 Å². The van der Waals surface area contributed by atoms with E-state index in [0.717, 1.165) is 4.88 Å². The Morgan fingerprint density at radius 1 is 1.39 bits per heavy atom. The van der Waals surface area contributed by atoms with E-state index in [1.54, 1.807) is 29.7 Å². The summed E-state index contributed by atoms with van der Waals surface area (Å²) >= 11 is 1.60. The van der Waals surface area contributed by atoms with Gasteiger partial charge < -0.3 is 5.11 Å². The van der Waals surface area contributed by atoms with Gasteiger partial charge in [0.05, 0.1) is 6.21 Å². The molecule has 0 saturated carbocycles. The first-order chi connectivity index (χ1) is 8.65. The number of nitrogens with one attached hydrogen (secondary N) is 1. The van der Waals surface area contributed by atoms with E-state index < -0.39 is 0 Å². The average Bonchev–Trinajstić information content (AvgIpc) is 2.75. The highest BCUT2D eigenvalue weighted by molar-refractivity contribution is 7.13. The number of benzene rings is 1. The summed E-state index contributed by atoms with van der Waals surface area (Å²) in [5, 5.41) is 13.1. The molecule has 5 heteroatoms. The molecule has 0 spiro atoms. The fraction of sp³-hybridized carbons (Fsp3) is 0.0769. The number of hydrogen-bond acceptors (Lipinski definition) is 4. The summed E-state index contributed by atoms with van der Waals surface area (Å²) < 4.78 is 0. The van der Waals surface area contributed by atoms with E-state index in [1.165, 1.54) is 17.0 Å². The second kappa shape index (κ2) is 5.46. The zero-order valence-corrected chi connectivity index (χ0v) is 10.6. The number of hydrogen-bond donors (Lipinski definition) is 2. The highest BCUT2D eigenvalue weighted by Gasteiger charge is 2.04. The Morgan fingerprint density at radius 2 is 2.22 bits per heavy atom. The molecule has 1 amide bonds. The van der Waals surface area contributed by atoms with Crippen molar-refractivity contribution in [2.24, 2.45) is 5.10 Å². The Hall–Kier alpha value is -2.14. The maximum Gasteiger partial charge on any atom is 0.271 e. The number of phenols is 1. The van der Waals surface area contributed by atoms with Gasteiger partial charge in [-0.3, -0.25) is 4.79 Å². The summed E-state index contributed by atoms with van der Waals surface area (Å²) in [6, 6.07) is 10.0. The summed E-state index contributed by atoms with van der Waals surface area (Å²) in [4.78, 5) is 13.8. The highest BCUT2D eigenvalue weighted by Crippen LogP contribution is 2.12. The molecular formula is C13H12N2O2S. The number of rotatable bonds is 3. The molecule has 18 heavy (non-hydrogen) atoms. The van der Waals surface area contributed by atoms with Crippen molar-refractivity contribution in [2.75, 3.05) is 0 Å². The van der Waals surface area contributed by atoms with E-state index in [1.807, 2.05) is 19.1 Å². The van der Waals surface area contributed by atoms with Crippen molar-refractivity contribution < 1.29 is 9.90 Å². The Labute approximate surface area is 109 Å². The lowest BCUT2D eigenvalue weighted by Gasteiger charge is -1.99. The Morgan fingerprint density at radius 3 is 2.89 bits per heavy atom. The lowest BCUT2D eigenvalue weighted by Crippen LogP contribution is -2.17. The number of amides is 1. The summed E-state index contributed by atoms with van der Waals surface area (Å²) in [5.74, 6) is -0.295. The monoisotopic (exact) mass is 260 g/mol. The van der Waals surface area contributed by atoms with Gasteiger partial charge in [-0.25, -0.2) is 5.43 Å². The van der Waals surface area contributed by atoms with Crippen molar-refractivity contribution in [2.45, 2.75) is 6.92 Å². The lowest BCUT2D eigenvalue weighted by molar-refractivity contribution is 0.0954. The van der Waals surface area contributed by atoms with Crippen LogP contribution in [0.2, 0.25) is 0 Å². The van der Waals surface area contributed by atoms with E-state index in [9.17, 15) is 9.90 Å². The fourth-order valence-electron chi connectivity index (χ4n) is 1.39. The number of nitrogens with zero attached hydrogens (tertiary/aromatic N) is 1. The predicted molar refractivity (Wildman–Crippen MR) is 72.2 cm³/mol. The van der Waals surface area contributed by atoms with Gasteiger partial charge in [0, 0.05) is 15.3 Å². The van der Waals surface area contributed by atoms with Crippen LogP contribution in [0.3, 0.4) is 0 Å². The lowest BCUT2D eigenvalue weighted by atomic mass is 10.2. The van der Waals surface area contributed by atoms with Crippen LogP contribution in [0.15, 0.2) is 41.5 Å². The summed E-state index contributed by atoms with van der Waals surface area (Å²) in [6.07, 6.45) is 1.60. The zero-order valence-electron chi connectivity index (χ0n) is 9.75. The Kier molecular flexibility index (Phi) is 3.74. The third-order valence-corrected chi connectivity index (χ3v) is 3.16. The number of hydrazone groups is 1. The van der Waals surface area contributed by atoms with Crippen LogP contribution >= 0.6 is 11.3 Å². The molecule has 0 aliphatic rings. The molecule has 0 aliphatic carbocycles. The molecule has 0 aliphatic heterocycles. The van der Waals surface area contributed by atoms with Crippen molar-refractivity contribution in [3.05, 3.63) is 51.7 Å². The number of aryl methyl sites for hydroxylation is 1. The Balaban J connectivity index is 1.98. The van der Waals surface area contributed by atoms with Crippen molar-refractivity contribution in [1.82, 2.24) is 5.43 Å². The van der Waals surface area contributed by atoms with Crippen molar-refractivity contribution in [1.29, 1.82) is 0 Å². The van der Waals surface area contributed by atoms with Gasteiger partial charge >= 0.3 is 0 Å². The van der Waals surface area contributed by atoms with Crippen molar-refractivity contribution >= 4 is 23.5 Å². The van der Waals surface area contributed by atoms with E-state index >= 15 is 0 Å². The molecule has 1 aromatic carbocycles. The number of aromatic hydroxyl groups is 1. The summed E-state index contributed by atoms with van der Waals surface area (Å²) in [6.45, 7) is 2.01. The Bertz CT molecular complexity index is 590. The molecule has 2 aromatic rings. The van der Waals surface area contributed by atoms with Gasteiger partial charge in [-0.15, -0.1) is 11.3 Å². The third kappa shape index (κ3) is 3.18. The van der Waals surface area contributed by atoms with E-state index in [0.29, 0.717) is 5.56 Å². The first-order valence-corrected chi connectivity index (χ1v) is 6.16. The van der Waals surface area contributed by atoms with Crippen LogP contribution in [-0.2, 0) is 0 Å². The largest absolute Gasteiger partial charge is 0.508 e. The fourth-order valence-corrected chi connectivity index (χ4v) is 2.14. The molecule has 0 radical (unpaired) electrons. The second-order valence-corrected chi connectivity index (χ2v) is 5.02. The van der Waals surface area contributed by atoms with E-state index in [4.69, 9.17) is 0 Å². The summed E-state index contributed by atoms with van der Waals surface area (Å²) in [7, 11) is 0. The third-order valence-electron chi connectivity index (χ3n) is 2.23. The van der Waals surface area contributed by atoms with Gasteiger partial charge in [0.25, 0.3) is 5.91 Å². The standard InChI is InChI=1S/C13H12N2O2S/c1-9-5-6-12(18-9)8-14-15-13(17)10-3-2-4-11(16)7-10/h2-8,16H,1H3,(H,15,17)/b14-8+. The predicted octanol–water partition coefficient (Wildman–Crippen LogP) is 2.53. The number of phenolic OH excluding ortho intramolecular Hbond substituents is 1. The normalized spacial score (nSPS) is 10.7. The van der Waals surface area contributed by atoms with E-state index in [-0.39, 0.29) is 11.7 Å². The number of carbonyl (C=O) groups is 1. The van der Waals surface area contributed by atoms with Gasteiger partial charge in [0.2, 0.25) is 0 Å². The highest BCUT2D eigenvalue weighted by atomic mass is 32.1. The minimum Gasteiger partial charge on any atom is -0.508 e. The molecule has 2 rings (SSSR count). The van der Waals surface area contributed by atoms with Gasteiger partial charge in [-0.05, 0) is 37.3 Å². The zero-order chi connectivity index (χ0) is 13.0. The molecule has 0 saturated heterocycles. The average molecular weight is 260 g/mol. The minimum atomic E-state index is -0.351. The molecule has 4 nitrogen and oxygen atoms in total. The SMILES string of the molecule is Cc1ccc(/C=N/NC(=O)c2cccc(O)c2)s1. The van der Waals surface area contributed by atoms with Crippen molar-refractivity contribution in [3.8, 4) is 5.75 Å². The van der Waals surface area contributed by atoms with Crippen LogP contribution in [0, 0.1) is 6.92 Å². The molecule has 0 bridgehead atoms. The topological polar surface area (TPSA) is 61.7 Å². The molecule has 1 heterocycles. The smallest absolute Gasteiger partial charge is 0.271 e. The second-order valence-electron chi connectivity index (χ2n) is 3.70. The van der Waals surface area contributed by atoms with Crippen LogP contribution in [0.1, 0.15) is 20.1 Å². The van der Waals surface area contributed by atoms with Gasteiger partial charge in [0.1, 0.15) is 5.75 Å². The summed E-state index contributed by atoms with van der Waals surface area (Å²) in [5.41, 5.74) is 2.78.